The number of aromatic amines is 4. The van der Waals surface area contributed by atoms with Gasteiger partial charge in [-0.25, -0.2) is 63.3 Å². The molecular formula is C98H84F2N22O5S5. The molecule has 0 saturated carbocycles. The van der Waals surface area contributed by atoms with Crippen molar-refractivity contribution in [3.63, 3.8) is 0 Å². The molecule has 0 aliphatic carbocycles. The molecule has 10 heterocycles. The molecule has 0 atom stereocenters. The van der Waals surface area contributed by atoms with E-state index in [2.05, 4.69) is 102 Å². The zero-order chi connectivity index (χ0) is 91.1. The Kier molecular flexibility index (Phi) is 29.9. The summed E-state index contributed by atoms with van der Waals surface area (Å²) in [5.74, 6) is 17.0. The first-order valence-corrected chi connectivity index (χ1v) is 46.1. The van der Waals surface area contributed by atoms with E-state index in [1.165, 1.54) is 45.8 Å². The standard InChI is InChI=1S/C20H16FN3OS.C20H18N6OS.C20H17N3OS.C19H16FN5OS.C19H17N5OS/c1-13-10-17(8-9-22-13)26-12-20-23-18-7-6-16(11-19(18)24-20)25-15-4-2-14(21)3-5-15;1-14-22-19(21)11-20(23-14)28-13-15-12-26(25-24-15)16-7-9-18(10-8-16)27-17-5-3-2-4-6-17;1-14-11-17(9-10-21-14)25-13-20-22-18-8-7-16(12-19(18)23-20)24-15-5-3-2-4-6-15;1-11-22-17(21)9-19(23-11)27-10-18-24-15-7-6-14(8-16(15)25-18)26-13-4-2-12(20)3-5-13;1-12-21-17(20)10-19(22-12)26-11-18-23-15-8-7-14(9-16(15)24-18)25-13-5-3-2-4-6-13/h2-11H,12H2,1H3,(H,23,24);2-12H,13H2,1H3,(H2,21,22,23);2-12H,13H2,1H3,(H,22,23);2-9H,10H2,1H3,(H,24,25)(H2,21,22,23);2-10H,11H2,1H3,(H,23,24)(H2,20,21,22). The molecule has 0 spiro atoms. The predicted octanol–water partition coefficient (Wildman–Crippen LogP) is 23.7. The molecule has 660 valence electrons. The zero-order valence-electron chi connectivity index (χ0n) is 71.6. The molecule has 0 saturated heterocycles. The van der Waals surface area contributed by atoms with Crippen LogP contribution in [-0.2, 0) is 28.8 Å². The van der Waals surface area contributed by atoms with Gasteiger partial charge in [-0.15, -0.1) is 28.6 Å². The summed E-state index contributed by atoms with van der Waals surface area (Å²) in [6, 6.07) is 85.1. The summed E-state index contributed by atoms with van der Waals surface area (Å²) >= 11 is 8.10. The van der Waals surface area contributed by atoms with Crippen molar-refractivity contribution >= 4 is 120 Å². The van der Waals surface area contributed by atoms with Crippen molar-refractivity contribution in [2.45, 2.75) is 88.3 Å². The largest absolute Gasteiger partial charge is 0.457 e. The first-order chi connectivity index (χ1) is 64.3. The van der Waals surface area contributed by atoms with Crippen molar-refractivity contribution in [1.29, 1.82) is 0 Å². The molecule has 20 aromatic rings. The van der Waals surface area contributed by atoms with Crippen LogP contribution < -0.4 is 40.9 Å². The number of nitrogen functional groups attached to an aromatic ring is 3. The Morgan fingerprint density at radius 3 is 0.924 bits per heavy atom. The lowest BCUT2D eigenvalue weighted by atomic mass is 10.3. The fraction of sp³-hybridized carbons (Fsp3) is 0.102. The Balaban J connectivity index is 0.000000120. The van der Waals surface area contributed by atoms with E-state index in [0.717, 1.165) is 151 Å². The number of pyridine rings is 2. The van der Waals surface area contributed by atoms with Gasteiger partial charge in [0.05, 0.1) is 84.7 Å². The average molecular weight is 1850 g/mol. The van der Waals surface area contributed by atoms with Gasteiger partial charge in [0.2, 0.25) is 0 Å². The van der Waals surface area contributed by atoms with Crippen LogP contribution in [-0.4, -0.2) is 94.7 Å². The van der Waals surface area contributed by atoms with Crippen molar-refractivity contribution in [3.8, 4) is 63.2 Å². The summed E-state index contributed by atoms with van der Waals surface area (Å²) < 4.78 is 56.8. The molecule has 10 aromatic carbocycles. The maximum absolute atomic E-state index is 13.0. The SMILES string of the molecule is Cc1cc(SCc2nc3ccc(Oc4ccc(F)cc4)cc3[nH]2)ccn1.Cc1cc(SCc2nc3ccc(Oc4ccccc4)cc3[nH]2)ccn1.Cc1nc(N)cc(SCc2cn(-c3ccc(Oc4ccccc4)cc3)nn2)n1.Cc1nc(N)cc(SCc2nc3ccc(Oc4ccc(F)cc4)cc3[nH]2)n1.Cc1nc(N)cc(SCc2nc3ccc(Oc4ccccc4)cc3[nH]2)n1. The third-order valence-corrected chi connectivity index (χ3v) is 23.6. The highest BCUT2D eigenvalue weighted by molar-refractivity contribution is 7.99. The van der Waals surface area contributed by atoms with Gasteiger partial charge < -0.3 is 60.8 Å². The van der Waals surface area contributed by atoms with E-state index >= 15 is 0 Å². The van der Waals surface area contributed by atoms with Gasteiger partial charge in [-0.1, -0.05) is 95.1 Å². The van der Waals surface area contributed by atoms with Crippen LogP contribution in [0.4, 0.5) is 26.2 Å². The van der Waals surface area contributed by atoms with Crippen LogP contribution in [0.15, 0.2) is 323 Å². The van der Waals surface area contributed by atoms with Crippen molar-refractivity contribution in [2.24, 2.45) is 0 Å². The molecule has 20 rings (SSSR count). The van der Waals surface area contributed by atoms with Gasteiger partial charge in [-0.2, -0.15) is 0 Å². The minimum absolute atomic E-state index is 0.284. The topological polar surface area (TPSA) is 373 Å². The van der Waals surface area contributed by atoms with Gasteiger partial charge >= 0.3 is 0 Å². The number of rotatable bonds is 26. The molecule has 0 unspecified atom stereocenters. The van der Waals surface area contributed by atoms with Crippen LogP contribution in [0.1, 0.15) is 57.9 Å². The quantitative estimate of drug-likeness (QED) is 0.0195. The Morgan fingerprint density at radius 2 is 0.598 bits per heavy atom. The second-order valence-corrected chi connectivity index (χ2v) is 34.3. The third kappa shape index (κ3) is 26.5. The van der Waals surface area contributed by atoms with Crippen LogP contribution in [0, 0.1) is 46.3 Å². The molecule has 0 aliphatic heterocycles. The van der Waals surface area contributed by atoms with E-state index in [1.807, 2.05) is 253 Å². The molecule has 10 N–H and O–H groups in total. The molecule has 0 radical (unpaired) electrons. The number of H-pyrrole nitrogens is 4. The number of thioether (sulfide) groups is 5. The molecule has 0 amide bonds. The van der Waals surface area contributed by atoms with Crippen molar-refractivity contribution < 1.29 is 32.5 Å². The van der Waals surface area contributed by atoms with Crippen LogP contribution in [0.25, 0.3) is 49.8 Å². The number of hydrogen-bond donors (Lipinski definition) is 7. The lowest BCUT2D eigenvalue weighted by molar-refractivity contribution is 0.481. The second-order valence-electron chi connectivity index (χ2n) is 29.2. The maximum Gasteiger partial charge on any atom is 0.129 e. The minimum Gasteiger partial charge on any atom is -0.457 e. The van der Waals surface area contributed by atoms with Crippen molar-refractivity contribution in [3.05, 3.63) is 367 Å². The molecule has 10 aromatic heterocycles. The fourth-order valence-electron chi connectivity index (χ4n) is 12.9. The van der Waals surface area contributed by atoms with Crippen LogP contribution >= 0.6 is 58.8 Å². The highest BCUT2D eigenvalue weighted by atomic mass is 32.2. The predicted molar refractivity (Wildman–Crippen MR) is 518 cm³/mol. The number of nitrogens with zero attached hydrogens (tertiary/aromatic N) is 15. The normalized spacial score (nSPS) is 10.9. The first kappa shape index (κ1) is 90.1. The summed E-state index contributed by atoms with van der Waals surface area (Å²) in [6.45, 7) is 9.44. The summed E-state index contributed by atoms with van der Waals surface area (Å²) in [6.07, 6.45) is 5.55. The number of nitrogens with one attached hydrogen (secondary N) is 4. The third-order valence-electron chi connectivity index (χ3n) is 18.8. The molecule has 27 nitrogen and oxygen atoms in total. The fourth-order valence-corrected chi connectivity index (χ4v) is 17.0. The number of aromatic nitrogens is 19. The molecule has 0 aliphatic rings. The molecule has 0 bridgehead atoms. The zero-order valence-corrected chi connectivity index (χ0v) is 75.7. The van der Waals surface area contributed by atoms with E-state index in [9.17, 15) is 8.78 Å². The van der Waals surface area contributed by atoms with Gasteiger partial charge in [-0.05, 0) is 217 Å². The lowest BCUT2D eigenvalue weighted by Crippen LogP contribution is -1.96. The van der Waals surface area contributed by atoms with Crippen molar-refractivity contribution in [2.75, 3.05) is 17.2 Å². The monoisotopic (exact) mass is 1850 g/mol. The number of anilines is 3. The van der Waals surface area contributed by atoms with Crippen LogP contribution in [0.2, 0.25) is 0 Å². The van der Waals surface area contributed by atoms with Gasteiger partial charge in [0.25, 0.3) is 0 Å². The van der Waals surface area contributed by atoms with Gasteiger partial charge in [0.1, 0.15) is 142 Å². The summed E-state index contributed by atoms with van der Waals surface area (Å²) in [5.41, 5.74) is 28.3. The van der Waals surface area contributed by atoms with Gasteiger partial charge in [-0.3, -0.25) is 9.97 Å². The average Bonchev–Trinajstić information content (AvgIpc) is 1.71. The van der Waals surface area contributed by atoms with E-state index in [0.29, 0.717) is 75.2 Å². The van der Waals surface area contributed by atoms with Crippen LogP contribution in [0.5, 0.6) is 57.5 Å². The number of fused-ring (bicyclic) bond motifs is 4. The number of para-hydroxylation sites is 3. The number of ether oxygens (including phenoxy) is 5. The number of imidazole rings is 4. The number of hydrogen-bond acceptors (Lipinski definition) is 27. The van der Waals surface area contributed by atoms with E-state index < -0.39 is 0 Å². The van der Waals surface area contributed by atoms with E-state index in [1.54, 1.807) is 94.2 Å². The summed E-state index contributed by atoms with van der Waals surface area (Å²) in [7, 11) is 0. The van der Waals surface area contributed by atoms with E-state index in [4.69, 9.17) is 40.9 Å². The second kappa shape index (κ2) is 43.7. The Bertz CT molecular complexity index is 7190. The smallest absolute Gasteiger partial charge is 0.129 e. The highest BCUT2D eigenvalue weighted by Crippen LogP contribution is 2.35. The van der Waals surface area contributed by atoms with Gasteiger partial charge in [0, 0.05) is 81.8 Å². The summed E-state index contributed by atoms with van der Waals surface area (Å²) in [4.78, 5) is 67.9. The Hall–Kier alpha value is -15.2. The molecular weight excluding hydrogens is 1760 g/mol. The summed E-state index contributed by atoms with van der Waals surface area (Å²) in [5, 5.41) is 10.9. The number of benzene rings is 10. The van der Waals surface area contributed by atoms with Gasteiger partial charge in [0.15, 0.2) is 0 Å². The van der Waals surface area contributed by atoms with E-state index in [-0.39, 0.29) is 11.6 Å². The highest BCUT2D eigenvalue weighted by Gasteiger charge is 2.15. The first-order valence-electron chi connectivity index (χ1n) is 41.1. The van der Waals surface area contributed by atoms with Crippen LogP contribution in [0.3, 0.4) is 0 Å². The van der Waals surface area contributed by atoms with Crippen molar-refractivity contribution in [1.82, 2.24) is 94.7 Å². The molecule has 132 heavy (non-hydrogen) atoms. The Labute approximate surface area is 777 Å². The number of nitrogens with two attached hydrogens (primary N) is 3. The molecule has 34 heteroatoms. The Morgan fingerprint density at radius 1 is 0.303 bits per heavy atom. The minimum atomic E-state index is -0.297. The number of aryl methyl sites for hydroxylation is 5. The maximum atomic E-state index is 13.0. The lowest BCUT2D eigenvalue weighted by Gasteiger charge is -2.06. The molecule has 0 fully saturated rings. The number of halogens is 2.